The molecule has 0 unspecified atom stereocenters. The Morgan fingerprint density at radius 1 is 1.35 bits per heavy atom. The molecule has 0 aliphatic rings. The normalized spacial score (nSPS) is 10.6. The number of rotatable bonds is 5. The Labute approximate surface area is 108 Å². The van der Waals surface area contributed by atoms with Crippen molar-refractivity contribution in [1.29, 1.82) is 0 Å². The molecule has 1 aromatic rings. The minimum absolute atomic E-state index is 0.207. The molecule has 0 saturated heterocycles. The summed E-state index contributed by atoms with van der Waals surface area (Å²) in [4.78, 5) is 13.6. The standard InChI is InChI=1S/C14H21NOS/c1-11(2)15(4)14(16)10-17-9-13-8-6-5-7-12(13)3/h5-8,11H,9-10H2,1-4H3. The van der Waals surface area contributed by atoms with Crippen LogP contribution in [0.3, 0.4) is 0 Å². The van der Waals surface area contributed by atoms with Crippen LogP contribution >= 0.6 is 11.8 Å². The van der Waals surface area contributed by atoms with Gasteiger partial charge in [-0.2, -0.15) is 0 Å². The molecule has 0 bridgehead atoms. The number of benzene rings is 1. The summed E-state index contributed by atoms with van der Waals surface area (Å²) in [6.45, 7) is 6.17. The van der Waals surface area contributed by atoms with E-state index in [-0.39, 0.29) is 11.9 Å². The van der Waals surface area contributed by atoms with Gasteiger partial charge in [-0.15, -0.1) is 11.8 Å². The molecule has 17 heavy (non-hydrogen) atoms. The molecule has 2 nitrogen and oxygen atoms in total. The maximum atomic E-state index is 11.8. The topological polar surface area (TPSA) is 20.3 Å². The van der Waals surface area contributed by atoms with E-state index < -0.39 is 0 Å². The Hall–Kier alpha value is -0.960. The fraction of sp³-hybridized carbons (Fsp3) is 0.500. The third-order valence-corrected chi connectivity index (χ3v) is 3.88. The van der Waals surface area contributed by atoms with Gasteiger partial charge < -0.3 is 4.90 Å². The van der Waals surface area contributed by atoms with E-state index in [9.17, 15) is 4.79 Å². The average Bonchev–Trinajstić information content (AvgIpc) is 2.30. The third kappa shape index (κ3) is 4.43. The van der Waals surface area contributed by atoms with Crippen molar-refractivity contribution >= 4 is 17.7 Å². The monoisotopic (exact) mass is 251 g/mol. The van der Waals surface area contributed by atoms with E-state index in [4.69, 9.17) is 0 Å². The lowest BCUT2D eigenvalue weighted by molar-refractivity contribution is -0.128. The zero-order valence-electron chi connectivity index (χ0n) is 11.1. The lowest BCUT2D eigenvalue weighted by atomic mass is 10.1. The van der Waals surface area contributed by atoms with E-state index in [0.717, 1.165) is 5.75 Å². The van der Waals surface area contributed by atoms with E-state index in [1.165, 1.54) is 11.1 Å². The number of hydrogen-bond donors (Lipinski definition) is 0. The van der Waals surface area contributed by atoms with E-state index in [1.807, 2.05) is 33.0 Å². The van der Waals surface area contributed by atoms with Gasteiger partial charge in [0, 0.05) is 18.8 Å². The largest absolute Gasteiger partial charge is 0.343 e. The summed E-state index contributed by atoms with van der Waals surface area (Å²) in [7, 11) is 1.86. The van der Waals surface area contributed by atoms with Gasteiger partial charge in [0.15, 0.2) is 0 Å². The van der Waals surface area contributed by atoms with Crippen LogP contribution in [-0.4, -0.2) is 29.6 Å². The summed E-state index contributed by atoms with van der Waals surface area (Å²) >= 11 is 1.68. The van der Waals surface area contributed by atoms with Crippen LogP contribution < -0.4 is 0 Å². The Kier molecular flexibility index (Phi) is 5.56. The maximum Gasteiger partial charge on any atom is 0.232 e. The van der Waals surface area contributed by atoms with Gasteiger partial charge in [-0.3, -0.25) is 4.79 Å². The molecular weight excluding hydrogens is 230 g/mol. The number of aryl methyl sites for hydroxylation is 1. The Morgan fingerprint density at radius 3 is 2.59 bits per heavy atom. The lowest BCUT2D eigenvalue weighted by Gasteiger charge is -2.21. The highest BCUT2D eigenvalue weighted by Crippen LogP contribution is 2.16. The van der Waals surface area contributed by atoms with Crippen LogP contribution in [0.2, 0.25) is 0 Å². The first-order valence-electron chi connectivity index (χ1n) is 5.90. The molecule has 0 saturated carbocycles. The molecule has 1 amide bonds. The van der Waals surface area contributed by atoms with Crippen molar-refractivity contribution in [2.75, 3.05) is 12.8 Å². The molecule has 0 heterocycles. The second kappa shape index (κ2) is 6.70. The minimum atomic E-state index is 0.207. The van der Waals surface area contributed by atoms with Crippen LogP contribution in [0.5, 0.6) is 0 Å². The zero-order chi connectivity index (χ0) is 12.8. The summed E-state index contributed by atoms with van der Waals surface area (Å²) in [6, 6.07) is 8.60. The van der Waals surface area contributed by atoms with E-state index >= 15 is 0 Å². The molecule has 0 aromatic heterocycles. The summed E-state index contributed by atoms with van der Waals surface area (Å²) in [5.74, 6) is 1.67. The molecular formula is C14H21NOS. The first kappa shape index (κ1) is 14.1. The smallest absolute Gasteiger partial charge is 0.232 e. The quantitative estimate of drug-likeness (QED) is 0.801. The number of nitrogens with zero attached hydrogens (tertiary/aromatic N) is 1. The van der Waals surface area contributed by atoms with Gasteiger partial charge in [-0.1, -0.05) is 24.3 Å². The second-order valence-electron chi connectivity index (χ2n) is 4.52. The first-order valence-corrected chi connectivity index (χ1v) is 7.05. The molecule has 1 rings (SSSR count). The van der Waals surface area contributed by atoms with Crippen LogP contribution in [-0.2, 0) is 10.5 Å². The number of carbonyl (C=O) groups is 1. The number of thioether (sulfide) groups is 1. The lowest BCUT2D eigenvalue weighted by Crippen LogP contribution is -2.34. The molecule has 94 valence electrons. The Balaban J connectivity index is 2.38. The van der Waals surface area contributed by atoms with Crippen molar-refractivity contribution < 1.29 is 4.79 Å². The van der Waals surface area contributed by atoms with Crippen LogP contribution in [0.1, 0.15) is 25.0 Å². The second-order valence-corrected chi connectivity index (χ2v) is 5.50. The summed E-state index contributed by atoms with van der Waals surface area (Å²) in [5.41, 5.74) is 2.61. The molecule has 1 aromatic carbocycles. The minimum Gasteiger partial charge on any atom is -0.343 e. The van der Waals surface area contributed by atoms with Gasteiger partial charge in [0.25, 0.3) is 0 Å². The molecule has 0 aliphatic heterocycles. The highest BCUT2D eigenvalue weighted by Gasteiger charge is 2.11. The Bertz CT molecular complexity index is 376. The predicted octanol–water partition coefficient (Wildman–Crippen LogP) is 3.10. The van der Waals surface area contributed by atoms with Gasteiger partial charge in [0.1, 0.15) is 0 Å². The van der Waals surface area contributed by atoms with Crippen molar-refractivity contribution in [1.82, 2.24) is 4.90 Å². The van der Waals surface area contributed by atoms with Crippen LogP contribution in [0.15, 0.2) is 24.3 Å². The molecule has 0 spiro atoms. The van der Waals surface area contributed by atoms with Crippen molar-refractivity contribution in [3.8, 4) is 0 Å². The molecule has 0 atom stereocenters. The summed E-state index contributed by atoms with van der Waals surface area (Å²) in [6.07, 6.45) is 0. The van der Waals surface area contributed by atoms with Crippen LogP contribution in [0.25, 0.3) is 0 Å². The fourth-order valence-electron chi connectivity index (χ4n) is 1.41. The van der Waals surface area contributed by atoms with Crippen LogP contribution in [0, 0.1) is 6.92 Å². The van der Waals surface area contributed by atoms with E-state index in [2.05, 4.69) is 19.1 Å². The maximum absolute atomic E-state index is 11.8. The number of carbonyl (C=O) groups excluding carboxylic acids is 1. The van der Waals surface area contributed by atoms with E-state index in [0.29, 0.717) is 5.75 Å². The molecule has 0 fully saturated rings. The summed E-state index contributed by atoms with van der Waals surface area (Å²) < 4.78 is 0. The zero-order valence-corrected chi connectivity index (χ0v) is 11.9. The molecule has 0 radical (unpaired) electrons. The third-order valence-electron chi connectivity index (χ3n) is 2.91. The number of hydrogen-bond acceptors (Lipinski definition) is 2. The van der Waals surface area contributed by atoms with Gasteiger partial charge >= 0.3 is 0 Å². The predicted molar refractivity (Wildman–Crippen MR) is 75.2 cm³/mol. The highest BCUT2D eigenvalue weighted by atomic mass is 32.2. The summed E-state index contributed by atoms with van der Waals surface area (Å²) in [5, 5.41) is 0. The molecule has 0 aliphatic carbocycles. The van der Waals surface area contributed by atoms with Crippen molar-refractivity contribution in [3.05, 3.63) is 35.4 Å². The fourth-order valence-corrected chi connectivity index (χ4v) is 2.43. The van der Waals surface area contributed by atoms with Gasteiger partial charge in [0.05, 0.1) is 5.75 Å². The van der Waals surface area contributed by atoms with Crippen LogP contribution in [0.4, 0.5) is 0 Å². The molecule has 3 heteroatoms. The van der Waals surface area contributed by atoms with Gasteiger partial charge in [-0.25, -0.2) is 0 Å². The first-order chi connectivity index (χ1) is 8.02. The molecule has 0 N–H and O–H groups in total. The SMILES string of the molecule is Cc1ccccc1CSCC(=O)N(C)C(C)C. The van der Waals surface area contributed by atoms with Crippen molar-refractivity contribution in [3.63, 3.8) is 0 Å². The highest BCUT2D eigenvalue weighted by molar-refractivity contribution is 7.99. The van der Waals surface area contributed by atoms with E-state index in [1.54, 1.807) is 16.7 Å². The number of amides is 1. The van der Waals surface area contributed by atoms with Crippen molar-refractivity contribution in [2.45, 2.75) is 32.6 Å². The van der Waals surface area contributed by atoms with Gasteiger partial charge in [0.2, 0.25) is 5.91 Å². The van der Waals surface area contributed by atoms with Crippen molar-refractivity contribution in [2.24, 2.45) is 0 Å². The van der Waals surface area contributed by atoms with Gasteiger partial charge in [-0.05, 0) is 31.9 Å². The Morgan fingerprint density at radius 2 is 2.00 bits per heavy atom. The average molecular weight is 251 g/mol.